The van der Waals surface area contributed by atoms with E-state index in [0.717, 1.165) is 11.1 Å². The Kier molecular flexibility index (Phi) is 6.98. The molecule has 0 aromatic heterocycles. The number of methoxy groups -OCH3 is 1. The van der Waals surface area contributed by atoms with E-state index in [-0.39, 0.29) is 18.2 Å². The Labute approximate surface area is 253 Å². The van der Waals surface area contributed by atoms with Crippen LogP contribution < -0.4 is 0 Å². The number of carbonyl (C=O) groups is 1. The Morgan fingerprint density at radius 3 is 1.98 bits per heavy atom. The van der Waals surface area contributed by atoms with Crippen LogP contribution in [0.2, 0.25) is 0 Å². The number of carbonyl (C=O) groups excluding carboxylic acids is 1. The first kappa shape index (κ1) is 28.0. The van der Waals surface area contributed by atoms with Crippen molar-refractivity contribution in [3.8, 4) is 11.1 Å². The van der Waals surface area contributed by atoms with Gasteiger partial charge in [0.1, 0.15) is 18.3 Å². The number of likely N-dealkylation sites (tertiary alicyclic amines) is 1. The van der Waals surface area contributed by atoms with E-state index in [1.54, 1.807) is 0 Å². The molecule has 4 aromatic carbocycles. The lowest BCUT2D eigenvalue weighted by atomic mass is 9.78. The number of esters is 1. The van der Waals surface area contributed by atoms with Crippen molar-refractivity contribution in [2.45, 2.75) is 62.6 Å². The predicted molar refractivity (Wildman–Crippen MR) is 164 cm³/mol. The highest BCUT2D eigenvalue weighted by Gasteiger charge is 2.62. The summed E-state index contributed by atoms with van der Waals surface area (Å²) < 4.78 is 25.1. The second-order valence-corrected chi connectivity index (χ2v) is 12.1. The van der Waals surface area contributed by atoms with Gasteiger partial charge in [0, 0.05) is 13.7 Å². The first-order valence-corrected chi connectivity index (χ1v) is 15.0. The van der Waals surface area contributed by atoms with Crippen molar-refractivity contribution < 1.29 is 23.7 Å². The van der Waals surface area contributed by atoms with E-state index in [1.807, 2.05) is 57.2 Å². The average molecular weight is 576 g/mol. The van der Waals surface area contributed by atoms with Gasteiger partial charge in [0.05, 0.1) is 11.6 Å². The minimum atomic E-state index is -0.831. The molecule has 43 heavy (non-hydrogen) atoms. The van der Waals surface area contributed by atoms with Gasteiger partial charge in [0.15, 0.2) is 11.9 Å². The molecule has 0 amide bonds. The quantitative estimate of drug-likeness (QED) is 0.235. The number of hydrogen-bond donors (Lipinski definition) is 0. The zero-order chi connectivity index (χ0) is 29.8. The summed E-state index contributed by atoms with van der Waals surface area (Å²) in [5.74, 6) is -1.17. The van der Waals surface area contributed by atoms with Crippen molar-refractivity contribution in [3.63, 3.8) is 0 Å². The molecule has 4 aromatic rings. The van der Waals surface area contributed by atoms with Gasteiger partial charge in [-0.25, -0.2) is 4.79 Å². The van der Waals surface area contributed by atoms with Crippen LogP contribution >= 0.6 is 0 Å². The summed E-state index contributed by atoms with van der Waals surface area (Å²) in [5.41, 5.74) is 6.05. The van der Waals surface area contributed by atoms with Gasteiger partial charge in [-0.15, -0.1) is 0 Å². The molecule has 0 N–H and O–H groups in total. The van der Waals surface area contributed by atoms with E-state index in [9.17, 15) is 4.79 Å². The maximum absolute atomic E-state index is 13.7. The first-order valence-electron chi connectivity index (χ1n) is 15.0. The Morgan fingerprint density at radius 1 is 0.814 bits per heavy atom. The molecular weight excluding hydrogens is 538 g/mol. The summed E-state index contributed by atoms with van der Waals surface area (Å²) in [4.78, 5) is 16.2. The Morgan fingerprint density at radius 2 is 1.37 bits per heavy atom. The van der Waals surface area contributed by atoms with E-state index in [1.165, 1.54) is 29.4 Å². The third-order valence-electron chi connectivity index (χ3n) is 9.18. The Balaban J connectivity index is 1.37. The number of hydrogen-bond acceptors (Lipinski definition) is 6. The molecular formula is C37H37NO5. The third-order valence-corrected chi connectivity index (χ3v) is 9.18. The summed E-state index contributed by atoms with van der Waals surface area (Å²) >= 11 is 0. The van der Waals surface area contributed by atoms with Gasteiger partial charge in [0.25, 0.3) is 0 Å². The van der Waals surface area contributed by atoms with Crippen molar-refractivity contribution in [1.29, 1.82) is 0 Å². The topological polar surface area (TPSA) is 57.2 Å². The van der Waals surface area contributed by atoms with Crippen LogP contribution in [0, 0.1) is 0 Å². The van der Waals surface area contributed by atoms with Gasteiger partial charge < -0.3 is 18.9 Å². The zero-order valence-electron chi connectivity index (χ0n) is 25.0. The van der Waals surface area contributed by atoms with E-state index >= 15 is 0 Å². The van der Waals surface area contributed by atoms with Gasteiger partial charge in [0.2, 0.25) is 0 Å². The van der Waals surface area contributed by atoms with Crippen LogP contribution in [0.3, 0.4) is 0 Å². The lowest BCUT2D eigenvalue weighted by molar-refractivity contribution is -0.181. The van der Waals surface area contributed by atoms with Crippen molar-refractivity contribution >= 4 is 5.97 Å². The predicted octanol–water partition coefficient (Wildman–Crippen LogP) is 6.48. The molecule has 0 spiro atoms. The van der Waals surface area contributed by atoms with Crippen molar-refractivity contribution in [2.75, 3.05) is 13.7 Å². The van der Waals surface area contributed by atoms with Gasteiger partial charge in [-0.3, -0.25) is 4.90 Å². The fraction of sp³-hybridized carbons (Fsp3) is 0.324. The van der Waals surface area contributed by atoms with Crippen LogP contribution in [0.15, 0.2) is 109 Å². The molecule has 6 nitrogen and oxygen atoms in total. The molecule has 2 aliphatic heterocycles. The molecule has 0 bridgehead atoms. The van der Waals surface area contributed by atoms with Crippen LogP contribution in [-0.2, 0) is 29.3 Å². The Bertz CT molecular complexity index is 1580. The summed E-state index contributed by atoms with van der Waals surface area (Å²) in [5, 5.41) is 0. The standard InChI is InChI=1S/C37H37NO5/c1-24(41-35(39)33(40-4)25-15-7-5-8-16-25)32-34-31(42-36(2,3)43-34)23-38(32)37(26-17-9-6-10-18-26)29-21-13-11-19-27(29)28-20-12-14-22-30(28)37/h5-22,24,31-34H,23H2,1-4H3/t24-,31+,32+,33-,34+/m0/s1. The van der Waals surface area contributed by atoms with E-state index in [0.29, 0.717) is 6.54 Å². The Hall–Kier alpha value is -3.81. The second-order valence-electron chi connectivity index (χ2n) is 12.1. The van der Waals surface area contributed by atoms with Crippen LogP contribution in [0.5, 0.6) is 0 Å². The van der Waals surface area contributed by atoms with Crippen molar-refractivity contribution in [2.24, 2.45) is 0 Å². The number of ether oxygens (including phenoxy) is 4. The summed E-state index contributed by atoms with van der Waals surface area (Å²) in [7, 11) is 1.54. The molecule has 1 aliphatic carbocycles. The highest BCUT2D eigenvalue weighted by molar-refractivity contribution is 5.83. The van der Waals surface area contributed by atoms with Crippen molar-refractivity contribution in [1.82, 2.24) is 4.90 Å². The molecule has 7 rings (SSSR count). The maximum atomic E-state index is 13.7. The molecule has 0 unspecified atom stereocenters. The van der Waals surface area contributed by atoms with Crippen LogP contribution in [0.1, 0.15) is 49.1 Å². The van der Waals surface area contributed by atoms with Crippen LogP contribution in [-0.4, -0.2) is 54.7 Å². The molecule has 2 saturated heterocycles. The highest BCUT2D eigenvalue weighted by Crippen LogP contribution is 2.57. The van der Waals surface area contributed by atoms with E-state index in [2.05, 4.69) is 77.7 Å². The normalized spacial score (nSPS) is 24.5. The van der Waals surface area contributed by atoms with Crippen LogP contribution in [0.25, 0.3) is 11.1 Å². The van der Waals surface area contributed by atoms with Gasteiger partial charge in [-0.1, -0.05) is 109 Å². The number of rotatable bonds is 7. The molecule has 5 atom stereocenters. The SMILES string of the molecule is CO[C@H](C(=O)O[C@@H](C)[C@@H]1[C@@H]2OC(C)(C)O[C@@H]2CN1C1(c2ccccc2)c2ccccc2-c2ccccc21)c1ccccc1. The fourth-order valence-electron chi connectivity index (χ4n) is 7.66. The molecule has 0 saturated carbocycles. The first-order chi connectivity index (χ1) is 20.8. The van der Waals surface area contributed by atoms with E-state index in [4.69, 9.17) is 18.9 Å². The van der Waals surface area contributed by atoms with Crippen LogP contribution in [0.4, 0.5) is 0 Å². The van der Waals surface area contributed by atoms with Gasteiger partial charge >= 0.3 is 5.97 Å². The van der Waals surface area contributed by atoms with Gasteiger partial charge in [-0.2, -0.15) is 0 Å². The molecule has 6 heteroatoms. The minimum absolute atomic E-state index is 0.200. The lowest BCUT2D eigenvalue weighted by Crippen LogP contribution is -2.56. The molecule has 3 aliphatic rings. The largest absolute Gasteiger partial charge is 0.459 e. The molecule has 2 fully saturated rings. The average Bonchev–Trinajstić information content (AvgIpc) is 3.62. The van der Waals surface area contributed by atoms with E-state index < -0.39 is 29.5 Å². The number of benzene rings is 4. The fourth-order valence-corrected chi connectivity index (χ4v) is 7.66. The molecule has 2 heterocycles. The van der Waals surface area contributed by atoms with Crippen molar-refractivity contribution in [3.05, 3.63) is 131 Å². The number of fused-ring (bicyclic) bond motifs is 4. The highest BCUT2D eigenvalue weighted by atomic mass is 16.8. The number of nitrogens with zero attached hydrogens (tertiary/aromatic N) is 1. The maximum Gasteiger partial charge on any atom is 0.340 e. The zero-order valence-corrected chi connectivity index (χ0v) is 25.0. The third kappa shape index (κ3) is 4.44. The lowest BCUT2D eigenvalue weighted by Gasteiger charge is -2.47. The smallest absolute Gasteiger partial charge is 0.340 e. The minimum Gasteiger partial charge on any atom is -0.459 e. The summed E-state index contributed by atoms with van der Waals surface area (Å²) in [6.45, 7) is 6.47. The van der Waals surface area contributed by atoms with Gasteiger partial charge in [-0.05, 0) is 54.2 Å². The summed E-state index contributed by atoms with van der Waals surface area (Å²) in [6.07, 6.45) is -1.88. The second kappa shape index (κ2) is 10.7. The molecule has 220 valence electrons. The summed E-state index contributed by atoms with van der Waals surface area (Å²) in [6, 6.07) is 37.1. The molecule has 0 radical (unpaired) electrons. The monoisotopic (exact) mass is 575 g/mol.